The molecular formula is C6H14N2O2. The van der Waals surface area contributed by atoms with E-state index in [4.69, 9.17) is 15.3 Å². The Hall–Kier alpha value is -0.160. The second kappa shape index (κ2) is 3.30. The van der Waals surface area contributed by atoms with Gasteiger partial charge < -0.3 is 9.47 Å². The van der Waals surface area contributed by atoms with Gasteiger partial charge in [0, 0.05) is 27.3 Å². The maximum absolute atomic E-state index is 5.54. The van der Waals surface area contributed by atoms with Gasteiger partial charge in [0.1, 0.15) is 0 Å². The van der Waals surface area contributed by atoms with Crippen molar-refractivity contribution in [1.82, 2.24) is 5.01 Å². The molecule has 0 spiro atoms. The van der Waals surface area contributed by atoms with Crippen LogP contribution in [0.2, 0.25) is 0 Å². The molecule has 4 heteroatoms. The van der Waals surface area contributed by atoms with Crippen LogP contribution in [0.3, 0.4) is 0 Å². The van der Waals surface area contributed by atoms with Crippen LogP contribution < -0.4 is 5.84 Å². The number of hydrazine groups is 1. The highest BCUT2D eigenvalue weighted by molar-refractivity contribution is 4.82. The Kier molecular flexibility index (Phi) is 2.62. The van der Waals surface area contributed by atoms with Gasteiger partial charge in [-0.1, -0.05) is 0 Å². The van der Waals surface area contributed by atoms with Crippen molar-refractivity contribution in [2.24, 2.45) is 5.84 Å². The molecule has 2 atom stereocenters. The van der Waals surface area contributed by atoms with Crippen molar-refractivity contribution in [3.8, 4) is 0 Å². The molecule has 1 saturated heterocycles. The summed E-state index contributed by atoms with van der Waals surface area (Å²) in [5, 5.41) is 1.71. The second-order valence-electron chi connectivity index (χ2n) is 2.50. The highest BCUT2D eigenvalue weighted by Gasteiger charge is 2.30. The highest BCUT2D eigenvalue weighted by Crippen LogP contribution is 2.11. The van der Waals surface area contributed by atoms with Crippen LogP contribution in [0, 0.1) is 0 Å². The van der Waals surface area contributed by atoms with Crippen molar-refractivity contribution in [3.63, 3.8) is 0 Å². The van der Waals surface area contributed by atoms with E-state index >= 15 is 0 Å². The molecule has 0 unspecified atom stereocenters. The lowest BCUT2D eigenvalue weighted by molar-refractivity contribution is -0.00461. The van der Waals surface area contributed by atoms with Crippen LogP contribution in [0.25, 0.3) is 0 Å². The second-order valence-corrected chi connectivity index (χ2v) is 2.50. The summed E-state index contributed by atoms with van der Waals surface area (Å²) in [6.07, 6.45) is 0.269. The molecule has 0 aromatic rings. The summed E-state index contributed by atoms with van der Waals surface area (Å²) < 4.78 is 10.3. The quantitative estimate of drug-likeness (QED) is 0.518. The number of ether oxygens (including phenoxy) is 2. The third-order valence-electron chi connectivity index (χ3n) is 1.85. The Morgan fingerprint density at radius 1 is 1.20 bits per heavy atom. The van der Waals surface area contributed by atoms with Gasteiger partial charge in [-0.3, -0.25) is 5.84 Å². The zero-order valence-corrected chi connectivity index (χ0v) is 6.41. The first kappa shape index (κ1) is 7.94. The van der Waals surface area contributed by atoms with E-state index < -0.39 is 0 Å². The van der Waals surface area contributed by atoms with Crippen molar-refractivity contribution in [2.75, 3.05) is 27.3 Å². The van der Waals surface area contributed by atoms with E-state index in [2.05, 4.69) is 0 Å². The van der Waals surface area contributed by atoms with Crippen LogP contribution in [-0.2, 0) is 9.47 Å². The molecule has 1 heterocycles. The molecule has 1 aliphatic rings. The summed E-state index contributed by atoms with van der Waals surface area (Å²) in [5.41, 5.74) is 0. The van der Waals surface area contributed by atoms with Crippen molar-refractivity contribution in [3.05, 3.63) is 0 Å². The van der Waals surface area contributed by atoms with E-state index in [-0.39, 0.29) is 12.2 Å². The molecule has 1 rings (SSSR count). The SMILES string of the molecule is CO[C@H]1CN(N)C[C@H]1OC. The zero-order valence-electron chi connectivity index (χ0n) is 6.41. The predicted molar refractivity (Wildman–Crippen MR) is 37.4 cm³/mol. The van der Waals surface area contributed by atoms with Crippen LogP contribution in [0.5, 0.6) is 0 Å². The van der Waals surface area contributed by atoms with Crippen LogP contribution in [0.1, 0.15) is 0 Å². The molecule has 4 nitrogen and oxygen atoms in total. The molecule has 0 radical (unpaired) electrons. The number of nitrogens with zero attached hydrogens (tertiary/aromatic N) is 1. The normalized spacial score (nSPS) is 35.1. The van der Waals surface area contributed by atoms with Gasteiger partial charge in [0.2, 0.25) is 0 Å². The molecule has 0 saturated carbocycles. The molecule has 1 fully saturated rings. The van der Waals surface area contributed by atoms with Gasteiger partial charge in [-0.2, -0.15) is 0 Å². The van der Waals surface area contributed by atoms with Crippen LogP contribution >= 0.6 is 0 Å². The minimum Gasteiger partial charge on any atom is -0.377 e. The molecule has 0 amide bonds. The molecule has 0 aromatic carbocycles. The first-order valence-electron chi connectivity index (χ1n) is 3.33. The maximum Gasteiger partial charge on any atom is 0.0986 e. The summed E-state index contributed by atoms with van der Waals surface area (Å²) >= 11 is 0. The van der Waals surface area contributed by atoms with Gasteiger partial charge in [0.25, 0.3) is 0 Å². The van der Waals surface area contributed by atoms with Gasteiger partial charge in [-0.05, 0) is 0 Å². The van der Waals surface area contributed by atoms with Gasteiger partial charge in [-0.15, -0.1) is 0 Å². The number of methoxy groups -OCH3 is 2. The fraction of sp³-hybridized carbons (Fsp3) is 1.00. The lowest BCUT2D eigenvalue weighted by Gasteiger charge is -2.13. The van der Waals surface area contributed by atoms with Crippen molar-refractivity contribution in [1.29, 1.82) is 0 Å². The van der Waals surface area contributed by atoms with Crippen LogP contribution in [0.4, 0.5) is 0 Å². The molecule has 0 aromatic heterocycles. The Morgan fingerprint density at radius 2 is 1.60 bits per heavy atom. The van der Waals surface area contributed by atoms with Crippen molar-refractivity contribution in [2.45, 2.75) is 12.2 Å². The molecule has 60 valence electrons. The molecule has 2 N–H and O–H groups in total. The molecule has 0 aliphatic carbocycles. The highest BCUT2D eigenvalue weighted by atomic mass is 16.5. The average molecular weight is 146 g/mol. The molecule has 0 bridgehead atoms. The predicted octanol–water partition coefficient (Wildman–Crippen LogP) is -0.794. The van der Waals surface area contributed by atoms with Crippen molar-refractivity contribution >= 4 is 0 Å². The van der Waals surface area contributed by atoms with Gasteiger partial charge >= 0.3 is 0 Å². The lowest BCUT2D eigenvalue weighted by atomic mass is 10.3. The standard InChI is InChI=1S/C6H14N2O2/c1-9-5-3-8(7)4-6(5)10-2/h5-6H,3-4,7H2,1-2H3/t5-,6+. The lowest BCUT2D eigenvalue weighted by Crippen LogP contribution is -2.29. The van der Waals surface area contributed by atoms with Gasteiger partial charge in [0.05, 0.1) is 12.2 Å². The monoisotopic (exact) mass is 146 g/mol. The van der Waals surface area contributed by atoms with E-state index in [9.17, 15) is 0 Å². The fourth-order valence-electron chi connectivity index (χ4n) is 1.22. The number of nitrogens with two attached hydrogens (primary N) is 1. The smallest absolute Gasteiger partial charge is 0.0986 e. The van der Waals surface area contributed by atoms with Crippen molar-refractivity contribution < 1.29 is 9.47 Å². The number of hydrogen-bond donors (Lipinski definition) is 1. The van der Waals surface area contributed by atoms with E-state index in [1.54, 1.807) is 19.2 Å². The largest absolute Gasteiger partial charge is 0.377 e. The first-order chi connectivity index (χ1) is 4.77. The summed E-state index contributed by atoms with van der Waals surface area (Å²) in [7, 11) is 3.35. The molecule has 1 aliphatic heterocycles. The third kappa shape index (κ3) is 1.46. The topological polar surface area (TPSA) is 47.7 Å². The maximum atomic E-state index is 5.54. The summed E-state index contributed by atoms with van der Waals surface area (Å²) in [6, 6.07) is 0. The van der Waals surface area contributed by atoms with Gasteiger partial charge in [-0.25, -0.2) is 5.01 Å². The van der Waals surface area contributed by atoms with Crippen LogP contribution in [0.15, 0.2) is 0 Å². The van der Waals surface area contributed by atoms with Gasteiger partial charge in [0.15, 0.2) is 0 Å². The average Bonchev–Trinajstić information content (AvgIpc) is 2.30. The molecule has 10 heavy (non-hydrogen) atoms. The van der Waals surface area contributed by atoms with E-state index in [0.717, 1.165) is 13.1 Å². The summed E-state index contributed by atoms with van der Waals surface area (Å²) in [5.74, 6) is 5.54. The zero-order chi connectivity index (χ0) is 7.56. The number of rotatable bonds is 2. The summed E-state index contributed by atoms with van der Waals surface area (Å²) in [4.78, 5) is 0. The van der Waals surface area contributed by atoms with E-state index in [0.29, 0.717) is 0 Å². The Morgan fingerprint density at radius 3 is 1.90 bits per heavy atom. The third-order valence-corrected chi connectivity index (χ3v) is 1.85. The van der Waals surface area contributed by atoms with Crippen LogP contribution in [-0.4, -0.2) is 44.5 Å². The first-order valence-corrected chi connectivity index (χ1v) is 3.33. The molecular weight excluding hydrogens is 132 g/mol. The van der Waals surface area contributed by atoms with E-state index in [1.807, 2.05) is 0 Å². The minimum atomic E-state index is 0.134. The Labute approximate surface area is 60.9 Å². The van der Waals surface area contributed by atoms with E-state index in [1.165, 1.54) is 0 Å². The Bertz CT molecular complexity index is 97.9. The number of hydrogen-bond acceptors (Lipinski definition) is 4. The fourth-order valence-corrected chi connectivity index (χ4v) is 1.22. The summed E-state index contributed by atoms with van der Waals surface area (Å²) in [6.45, 7) is 1.52. The minimum absolute atomic E-state index is 0.134. The Balaban J connectivity index is 2.41.